The van der Waals surface area contributed by atoms with Crippen LogP contribution in [-0.2, 0) is 4.74 Å². The van der Waals surface area contributed by atoms with Gasteiger partial charge in [0.25, 0.3) is 0 Å². The molecule has 0 saturated carbocycles. The summed E-state index contributed by atoms with van der Waals surface area (Å²) in [7, 11) is 0. The number of para-hydroxylation sites is 2. The summed E-state index contributed by atoms with van der Waals surface area (Å²) in [5, 5.41) is 3.62. The minimum Gasteiger partial charge on any atom is -0.462 e. The number of benzene rings is 1. The number of anilines is 3. The van der Waals surface area contributed by atoms with Crippen LogP contribution in [0.25, 0.3) is 0 Å². The number of hydrogen-bond donors (Lipinski definition) is 2. The molecule has 6 nitrogen and oxygen atoms in total. The van der Waals surface area contributed by atoms with Gasteiger partial charge in [-0.25, -0.2) is 14.8 Å². The molecule has 1 aromatic carbocycles. The molecule has 0 amide bonds. The molecule has 0 atom stereocenters. The largest absolute Gasteiger partial charge is 0.462 e. The Morgan fingerprint density at radius 2 is 2.19 bits per heavy atom. The van der Waals surface area contributed by atoms with Crippen molar-refractivity contribution in [1.29, 1.82) is 0 Å². The average Bonchev–Trinajstić information content (AvgIpc) is 2.49. The first-order valence-corrected chi connectivity index (χ1v) is 7.57. The van der Waals surface area contributed by atoms with Crippen LogP contribution in [0.3, 0.4) is 0 Å². The second kappa shape index (κ2) is 6.94. The van der Waals surface area contributed by atoms with Crippen molar-refractivity contribution in [2.24, 2.45) is 0 Å². The van der Waals surface area contributed by atoms with Gasteiger partial charge in [-0.3, -0.25) is 0 Å². The third-order valence-electron chi connectivity index (χ3n) is 2.66. The van der Waals surface area contributed by atoms with E-state index in [1.54, 1.807) is 13.0 Å². The summed E-state index contributed by atoms with van der Waals surface area (Å²) in [5.74, 6) is -0.0899. The van der Waals surface area contributed by atoms with Crippen LogP contribution in [0.5, 0.6) is 0 Å². The molecular weight excluding hydrogens is 288 g/mol. The SMILES string of the molecule is CCOC(=O)c1cnc(SC)nc1Nc1ccccc1N. The van der Waals surface area contributed by atoms with E-state index in [1.807, 2.05) is 24.5 Å². The van der Waals surface area contributed by atoms with Crippen molar-refractivity contribution in [2.45, 2.75) is 12.1 Å². The van der Waals surface area contributed by atoms with Gasteiger partial charge in [0.15, 0.2) is 5.16 Å². The summed E-state index contributed by atoms with van der Waals surface area (Å²) < 4.78 is 5.01. The molecule has 7 heteroatoms. The lowest BCUT2D eigenvalue weighted by Gasteiger charge is -2.12. The van der Waals surface area contributed by atoms with Crippen LogP contribution in [-0.4, -0.2) is 28.8 Å². The maximum atomic E-state index is 12.0. The van der Waals surface area contributed by atoms with Crippen LogP contribution in [0.15, 0.2) is 35.6 Å². The van der Waals surface area contributed by atoms with E-state index in [0.29, 0.717) is 22.3 Å². The number of aromatic nitrogens is 2. The Bertz CT molecular complexity index is 649. The molecule has 21 heavy (non-hydrogen) atoms. The van der Waals surface area contributed by atoms with Gasteiger partial charge >= 0.3 is 5.97 Å². The number of esters is 1. The first-order valence-electron chi connectivity index (χ1n) is 6.35. The van der Waals surface area contributed by atoms with Crippen molar-refractivity contribution in [3.05, 3.63) is 36.0 Å². The lowest BCUT2D eigenvalue weighted by Crippen LogP contribution is -2.11. The van der Waals surface area contributed by atoms with Crippen molar-refractivity contribution in [3.8, 4) is 0 Å². The fourth-order valence-corrected chi connectivity index (χ4v) is 2.00. The number of nitrogens with zero attached hydrogens (tertiary/aromatic N) is 2. The maximum absolute atomic E-state index is 12.0. The highest BCUT2D eigenvalue weighted by molar-refractivity contribution is 7.98. The predicted molar refractivity (Wildman–Crippen MR) is 83.9 cm³/mol. The molecule has 0 bridgehead atoms. The lowest BCUT2D eigenvalue weighted by atomic mass is 10.2. The Hall–Kier alpha value is -2.28. The standard InChI is InChI=1S/C14H16N4O2S/c1-3-20-13(19)9-8-16-14(21-2)18-12(9)17-11-7-5-4-6-10(11)15/h4-8H,3,15H2,1-2H3,(H,16,17,18). The Balaban J connectivity index is 2.39. The zero-order valence-electron chi connectivity index (χ0n) is 11.8. The quantitative estimate of drug-likeness (QED) is 0.380. The van der Waals surface area contributed by atoms with Gasteiger partial charge in [0.05, 0.1) is 18.0 Å². The van der Waals surface area contributed by atoms with E-state index in [0.717, 1.165) is 0 Å². The monoisotopic (exact) mass is 304 g/mol. The number of thioether (sulfide) groups is 1. The number of carbonyl (C=O) groups excluding carboxylic acids is 1. The van der Waals surface area contributed by atoms with Crippen LogP contribution in [0.1, 0.15) is 17.3 Å². The minimum atomic E-state index is -0.470. The normalized spacial score (nSPS) is 10.2. The van der Waals surface area contributed by atoms with Gasteiger partial charge in [-0.1, -0.05) is 23.9 Å². The molecule has 0 radical (unpaired) electrons. The van der Waals surface area contributed by atoms with E-state index in [-0.39, 0.29) is 12.2 Å². The summed E-state index contributed by atoms with van der Waals surface area (Å²) >= 11 is 1.39. The van der Waals surface area contributed by atoms with E-state index in [2.05, 4.69) is 15.3 Å². The highest BCUT2D eigenvalue weighted by Gasteiger charge is 2.16. The van der Waals surface area contributed by atoms with Crippen molar-refractivity contribution in [2.75, 3.05) is 23.9 Å². The summed E-state index contributed by atoms with van der Waals surface area (Å²) in [5.41, 5.74) is 7.41. The molecule has 2 rings (SSSR count). The fraction of sp³-hybridized carbons (Fsp3) is 0.214. The van der Waals surface area contributed by atoms with Crippen LogP contribution in [0, 0.1) is 0 Å². The van der Waals surface area contributed by atoms with Gasteiger partial charge in [0.2, 0.25) is 0 Å². The molecule has 1 aromatic heterocycles. The predicted octanol–water partition coefficient (Wildman–Crippen LogP) is 2.70. The Labute approximate surface area is 127 Å². The summed E-state index contributed by atoms with van der Waals surface area (Å²) in [6.07, 6.45) is 3.32. The fourth-order valence-electron chi connectivity index (χ4n) is 1.66. The Morgan fingerprint density at radius 1 is 1.43 bits per heavy atom. The van der Waals surface area contributed by atoms with E-state index in [4.69, 9.17) is 10.5 Å². The number of nitrogen functional groups attached to an aromatic ring is 1. The molecule has 0 aliphatic carbocycles. The zero-order chi connectivity index (χ0) is 15.2. The molecule has 0 fully saturated rings. The van der Waals surface area contributed by atoms with Gasteiger partial charge in [0, 0.05) is 6.20 Å². The van der Waals surface area contributed by atoms with Crippen LogP contribution in [0.2, 0.25) is 0 Å². The third-order valence-corrected chi connectivity index (χ3v) is 3.22. The third kappa shape index (κ3) is 3.63. The van der Waals surface area contributed by atoms with Crippen molar-refractivity contribution in [1.82, 2.24) is 9.97 Å². The molecule has 0 saturated heterocycles. The average molecular weight is 304 g/mol. The Morgan fingerprint density at radius 3 is 2.86 bits per heavy atom. The molecule has 1 heterocycles. The van der Waals surface area contributed by atoms with Crippen molar-refractivity contribution < 1.29 is 9.53 Å². The molecular formula is C14H16N4O2S. The van der Waals surface area contributed by atoms with Crippen LogP contribution in [0.4, 0.5) is 17.2 Å². The summed E-state index contributed by atoms with van der Waals surface area (Å²) in [4.78, 5) is 20.4. The zero-order valence-corrected chi connectivity index (χ0v) is 12.6. The number of ether oxygens (including phenoxy) is 1. The molecule has 0 unspecified atom stereocenters. The van der Waals surface area contributed by atoms with Gasteiger partial charge in [-0.05, 0) is 25.3 Å². The van der Waals surface area contributed by atoms with Crippen molar-refractivity contribution >= 4 is 34.9 Å². The number of carbonyl (C=O) groups is 1. The summed E-state index contributed by atoms with van der Waals surface area (Å²) in [6, 6.07) is 7.26. The number of nitrogens with one attached hydrogen (secondary N) is 1. The smallest absolute Gasteiger partial charge is 0.343 e. The van der Waals surface area contributed by atoms with Gasteiger partial charge in [-0.15, -0.1) is 0 Å². The molecule has 0 aliphatic heterocycles. The molecule has 3 N–H and O–H groups in total. The summed E-state index contributed by atoms with van der Waals surface area (Å²) in [6.45, 7) is 2.04. The van der Waals surface area contributed by atoms with Crippen LogP contribution < -0.4 is 11.1 Å². The second-order valence-corrected chi connectivity index (χ2v) is 4.83. The van der Waals surface area contributed by atoms with Gasteiger partial charge in [0.1, 0.15) is 11.4 Å². The van der Waals surface area contributed by atoms with E-state index < -0.39 is 5.97 Å². The molecule has 2 aromatic rings. The number of rotatable bonds is 5. The van der Waals surface area contributed by atoms with E-state index in [1.165, 1.54) is 18.0 Å². The van der Waals surface area contributed by atoms with Gasteiger partial charge < -0.3 is 15.8 Å². The highest BCUT2D eigenvalue weighted by atomic mass is 32.2. The second-order valence-electron chi connectivity index (χ2n) is 4.05. The lowest BCUT2D eigenvalue weighted by molar-refractivity contribution is 0.0526. The minimum absolute atomic E-state index is 0.276. The van der Waals surface area contributed by atoms with Crippen molar-refractivity contribution in [3.63, 3.8) is 0 Å². The molecule has 0 aliphatic rings. The maximum Gasteiger partial charge on any atom is 0.343 e. The first kappa shape index (κ1) is 15.1. The van der Waals surface area contributed by atoms with E-state index >= 15 is 0 Å². The highest BCUT2D eigenvalue weighted by Crippen LogP contribution is 2.25. The van der Waals surface area contributed by atoms with Crippen LogP contribution >= 0.6 is 11.8 Å². The first-order chi connectivity index (χ1) is 10.2. The Kier molecular flexibility index (Phi) is 4.99. The topological polar surface area (TPSA) is 90.1 Å². The molecule has 110 valence electrons. The van der Waals surface area contributed by atoms with Gasteiger partial charge in [-0.2, -0.15) is 0 Å². The number of hydrogen-bond acceptors (Lipinski definition) is 7. The molecule has 0 spiro atoms. The van der Waals surface area contributed by atoms with E-state index in [9.17, 15) is 4.79 Å². The number of nitrogens with two attached hydrogens (primary N) is 1.